The Morgan fingerprint density at radius 3 is 2.32 bits per heavy atom. The van der Waals surface area contributed by atoms with E-state index in [1.54, 1.807) is 12.1 Å². The van der Waals surface area contributed by atoms with Crippen LogP contribution < -0.4 is 4.90 Å². The molecule has 22 heavy (non-hydrogen) atoms. The standard InChI is InChI=1S/C17H15NO2S2/c1-11(2)22-15-14(13-9-6-10-21-13)16(19)18(17(15)20)12-7-4-3-5-8-12/h3-11H,1-2H3. The summed E-state index contributed by atoms with van der Waals surface area (Å²) in [6, 6.07) is 12.9. The molecule has 0 fully saturated rings. The molecule has 1 aliphatic heterocycles. The minimum absolute atomic E-state index is 0.224. The van der Waals surface area contributed by atoms with Crippen molar-refractivity contribution in [1.82, 2.24) is 0 Å². The van der Waals surface area contributed by atoms with Crippen LogP contribution in [0.1, 0.15) is 18.7 Å². The first-order chi connectivity index (χ1) is 10.6. The molecule has 1 aromatic heterocycles. The van der Waals surface area contributed by atoms with Crippen molar-refractivity contribution in [3.8, 4) is 0 Å². The van der Waals surface area contributed by atoms with Gasteiger partial charge in [-0.15, -0.1) is 23.1 Å². The summed E-state index contributed by atoms with van der Waals surface area (Å²) < 4.78 is 0. The highest BCUT2D eigenvalue weighted by atomic mass is 32.2. The normalized spacial score (nSPS) is 15.3. The first-order valence-electron chi connectivity index (χ1n) is 6.98. The van der Waals surface area contributed by atoms with E-state index in [0.29, 0.717) is 16.2 Å². The van der Waals surface area contributed by atoms with E-state index in [1.807, 2.05) is 49.6 Å². The molecule has 1 aliphatic rings. The number of imide groups is 1. The first kappa shape index (κ1) is 15.1. The zero-order valence-electron chi connectivity index (χ0n) is 12.3. The number of thioether (sulfide) groups is 1. The minimum Gasteiger partial charge on any atom is -0.268 e. The zero-order valence-corrected chi connectivity index (χ0v) is 13.9. The molecule has 112 valence electrons. The van der Waals surface area contributed by atoms with Crippen molar-refractivity contribution >= 4 is 46.2 Å². The molecule has 0 saturated carbocycles. The maximum atomic E-state index is 12.8. The molecule has 0 unspecified atom stereocenters. The molecule has 0 atom stereocenters. The Labute approximate surface area is 137 Å². The van der Waals surface area contributed by atoms with Crippen LogP contribution in [0.25, 0.3) is 5.57 Å². The lowest BCUT2D eigenvalue weighted by Crippen LogP contribution is -2.31. The van der Waals surface area contributed by atoms with Crippen LogP contribution in [0.2, 0.25) is 0 Å². The second kappa shape index (κ2) is 6.10. The largest absolute Gasteiger partial charge is 0.272 e. The van der Waals surface area contributed by atoms with Crippen LogP contribution in [0, 0.1) is 0 Å². The molecular weight excluding hydrogens is 314 g/mol. The van der Waals surface area contributed by atoms with Gasteiger partial charge in [0.15, 0.2) is 0 Å². The number of hydrogen-bond acceptors (Lipinski definition) is 4. The van der Waals surface area contributed by atoms with Gasteiger partial charge in [0.05, 0.1) is 16.2 Å². The van der Waals surface area contributed by atoms with Gasteiger partial charge in [0, 0.05) is 10.1 Å². The predicted octanol–water partition coefficient (Wildman–Crippen LogP) is 4.17. The number of benzene rings is 1. The van der Waals surface area contributed by atoms with Crippen LogP contribution in [-0.4, -0.2) is 17.1 Å². The maximum absolute atomic E-state index is 12.8. The van der Waals surface area contributed by atoms with E-state index < -0.39 is 0 Å². The van der Waals surface area contributed by atoms with Crippen molar-refractivity contribution < 1.29 is 9.59 Å². The van der Waals surface area contributed by atoms with Crippen LogP contribution >= 0.6 is 23.1 Å². The Balaban J connectivity index is 2.08. The third kappa shape index (κ3) is 2.62. The van der Waals surface area contributed by atoms with E-state index in [-0.39, 0.29) is 17.1 Å². The van der Waals surface area contributed by atoms with Gasteiger partial charge >= 0.3 is 0 Å². The molecule has 0 spiro atoms. The van der Waals surface area contributed by atoms with Crippen LogP contribution in [0.5, 0.6) is 0 Å². The lowest BCUT2D eigenvalue weighted by molar-refractivity contribution is -0.119. The molecule has 5 heteroatoms. The molecule has 0 saturated heterocycles. The van der Waals surface area contributed by atoms with Crippen molar-refractivity contribution in [3.05, 3.63) is 57.6 Å². The van der Waals surface area contributed by atoms with Crippen molar-refractivity contribution in [2.24, 2.45) is 0 Å². The summed E-state index contributed by atoms with van der Waals surface area (Å²) in [5.41, 5.74) is 1.15. The van der Waals surface area contributed by atoms with Crippen molar-refractivity contribution in [2.75, 3.05) is 4.90 Å². The zero-order chi connectivity index (χ0) is 15.7. The number of amides is 2. The van der Waals surface area contributed by atoms with Crippen LogP contribution in [0.3, 0.4) is 0 Å². The number of nitrogens with zero attached hydrogens (tertiary/aromatic N) is 1. The molecule has 3 rings (SSSR count). The van der Waals surface area contributed by atoms with Crippen molar-refractivity contribution in [3.63, 3.8) is 0 Å². The minimum atomic E-state index is -0.234. The van der Waals surface area contributed by atoms with Gasteiger partial charge in [0.2, 0.25) is 0 Å². The monoisotopic (exact) mass is 329 g/mol. The number of anilines is 1. The second-order valence-corrected chi connectivity index (χ2v) is 7.66. The highest BCUT2D eigenvalue weighted by molar-refractivity contribution is 8.04. The molecule has 2 aromatic rings. The average Bonchev–Trinajstić information content (AvgIpc) is 3.08. The van der Waals surface area contributed by atoms with E-state index >= 15 is 0 Å². The molecule has 0 radical (unpaired) electrons. The van der Waals surface area contributed by atoms with E-state index in [1.165, 1.54) is 28.0 Å². The van der Waals surface area contributed by atoms with Crippen molar-refractivity contribution in [2.45, 2.75) is 19.1 Å². The van der Waals surface area contributed by atoms with E-state index in [9.17, 15) is 9.59 Å². The third-order valence-corrected chi connectivity index (χ3v) is 5.15. The van der Waals surface area contributed by atoms with Gasteiger partial charge in [-0.3, -0.25) is 9.59 Å². The lowest BCUT2D eigenvalue weighted by Gasteiger charge is -2.15. The molecule has 0 bridgehead atoms. The van der Waals surface area contributed by atoms with Gasteiger partial charge in [0.25, 0.3) is 11.8 Å². The van der Waals surface area contributed by atoms with E-state index in [2.05, 4.69) is 0 Å². The summed E-state index contributed by atoms with van der Waals surface area (Å²) in [4.78, 5) is 28.3. The quantitative estimate of drug-likeness (QED) is 0.790. The molecule has 0 aliphatic carbocycles. The number of carbonyl (C=O) groups is 2. The van der Waals surface area contributed by atoms with Gasteiger partial charge in [-0.25, -0.2) is 4.90 Å². The smallest absolute Gasteiger partial charge is 0.268 e. The Morgan fingerprint density at radius 2 is 1.73 bits per heavy atom. The highest BCUT2D eigenvalue weighted by Crippen LogP contribution is 2.40. The van der Waals surface area contributed by atoms with Crippen molar-refractivity contribution in [1.29, 1.82) is 0 Å². The van der Waals surface area contributed by atoms with Gasteiger partial charge in [-0.2, -0.15) is 0 Å². The Bertz CT molecular complexity index is 733. The molecule has 0 N–H and O–H groups in total. The SMILES string of the molecule is CC(C)SC1=C(c2cccs2)C(=O)N(c2ccccc2)C1=O. The summed E-state index contributed by atoms with van der Waals surface area (Å²) in [6.07, 6.45) is 0. The summed E-state index contributed by atoms with van der Waals surface area (Å²) in [5, 5.41) is 2.15. The van der Waals surface area contributed by atoms with Gasteiger partial charge in [-0.05, 0) is 23.6 Å². The highest BCUT2D eigenvalue weighted by Gasteiger charge is 2.40. The fourth-order valence-electron chi connectivity index (χ4n) is 2.30. The Hall–Kier alpha value is -1.85. The number of thiophene rings is 1. The van der Waals surface area contributed by atoms with Crippen LogP contribution in [0.15, 0.2) is 52.7 Å². The van der Waals surface area contributed by atoms with E-state index in [0.717, 1.165) is 4.88 Å². The van der Waals surface area contributed by atoms with Gasteiger partial charge in [0.1, 0.15) is 0 Å². The summed E-state index contributed by atoms with van der Waals surface area (Å²) in [6.45, 7) is 4.04. The van der Waals surface area contributed by atoms with E-state index in [4.69, 9.17) is 0 Å². The summed E-state index contributed by atoms with van der Waals surface area (Å²) in [5.74, 6) is -0.458. The molecule has 2 heterocycles. The topological polar surface area (TPSA) is 37.4 Å². The Kier molecular flexibility index (Phi) is 4.18. The summed E-state index contributed by atoms with van der Waals surface area (Å²) >= 11 is 2.94. The third-order valence-electron chi connectivity index (χ3n) is 3.18. The van der Waals surface area contributed by atoms with Crippen LogP contribution in [-0.2, 0) is 9.59 Å². The maximum Gasteiger partial charge on any atom is 0.272 e. The molecule has 2 amide bonds. The second-order valence-electron chi connectivity index (χ2n) is 5.13. The lowest BCUT2D eigenvalue weighted by atomic mass is 10.2. The van der Waals surface area contributed by atoms with Crippen LogP contribution in [0.4, 0.5) is 5.69 Å². The predicted molar refractivity (Wildman–Crippen MR) is 92.9 cm³/mol. The molecule has 3 nitrogen and oxygen atoms in total. The fourth-order valence-corrected chi connectivity index (χ4v) is 4.12. The Morgan fingerprint density at radius 1 is 1.00 bits per heavy atom. The average molecular weight is 329 g/mol. The van der Waals surface area contributed by atoms with Gasteiger partial charge in [-0.1, -0.05) is 38.1 Å². The fraction of sp³-hybridized carbons (Fsp3) is 0.176. The first-order valence-corrected chi connectivity index (χ1v) is 8.74. The number of carbonyl (C=O) groups excluding carboxylic acids is 2. The van der Waals surface area contributed by atoms with Gasteiger partial charge < -0.3 is 0 Å². The number of para-hydroxylation sites is 1. The summed E-state index contributed by atoms with van der Waals surface area (Å²) in [7, 11) is 0. The molecule has 1 aromatic carbocycles. The molecular formula is C17H15NO2S2. The number of rotatable bonds is 4. The number of hydrogen-bond donors (Lipinski definition) is 0.